The molecule has 4 aliphatic carbocycles. The van der Waals surface area contributed by atoms with Gasteiger partial charge in [-0.2, -0.15) is 0 Å². The number of fused-ring (bicyclic) bond motifs is 1. The van der Waals surface area contributed by atoms with Gasteiger partial charge in [0.2, 0.25) is 0 Å². The van der Waals surface area contributed by atoms with E-state index in [1.165, 1.54) is 67.0 Å². The van der Waals surface area contributed by atoms with Crippen LogP contribution in [-0.4, -0.2) is 41.2 Å². The summed E-state index contributed by atoms with van der Waals surface area (Å²) in [5.41, 5.74) is 12.8. The van der Waals surface area contributed by atoms with Crippen molar-refractivity contribution in [3.63, 3.8) is 0 Å². The van der Waals surface area contributed by atoms with Gasteiger partial charge in [-0.15, -0.1) is 6.58 Å². The number of aromatic nitrogens is 1. The van der Waals surface area contributed by atoms with Gasteiger partial charge in [-0.25, -0.2) is 0 Å². The predicted octanol–water partition coefficient (Wildman–Crippen LogP) is 6.69. The molecule has 7 rings (SSSR count). The summed E-state index contributed by atoms with van der Waals surface area (Å²) in [5.74, 6) is 0. The second-order valence-electron chi connectivity index (χ2n) is 15.9. The van der Waals surface area contributed by atoms with Crippen molar-refractivity contribution in [2.75, 3.05) is 25.9 Å². The number of allylic oxidation sites excluding steroid dienone is 1. The molecular formula is C40H59N5. The maximum Gasteiger partial charge on any atom is 0.0482 e. The SMILES string of the molecule is C=C(CCC)NC12CC3(C)CCN(C)CC3(C1)C2.C=CC(Cc1cn(C(C)(C)C)c2c1=CCCC=2)NC(=C)c1ccc(N)cc1. The van der Waals surface area contributed by atoms with Crippen LogP contribution in [0.1, 0.15) is 97.1 Å². The number of hydrogen-bond donors (Lipinski definition) is 3. The van der Waals surface area contributed by atoms with E-state index in [2.05, 4.69) is 99.9 Å². The fraction of sp³-hybridized carbons (Fsp3) is 0.550. The van der Waals surface area contributed by atoms with Crippen LogP contribution in [0.4, 0.5) is 5.69 Å². The minimum absolute atomic E-state index is 0.0642. The number of rotatable bonds is 10. The highest BCUT2D eigenvalue weighted by atomic mass is 15.2. The van der Waals surface area contributed by atoms with Gasteiger partial charge in [0, 0.05) is 52.3 Å². The fourth-order valence-electron chi connectivity index (χ4n) is 8.91. The average molecular weight is 610 g/mol. The van der Waals surface area contributed by atoms with Crippen LogP contribution in [0.2, 0.25) is 0 Å². The molecule has 45 heavy (non-hydrogen) atoms. The molecule has 1 spiro atoms. The zero-order chi connectivity index (χ0) is 32.6. The number of nitrogens with two attached hydrogens (primary N) is 1. The molecule has 2 unspecified atom stereocenters. The summed E-state index contributed by atoms with van der Waals surface area (Å²) in [6.07, 6.45) is 20.0. The van der Waals surface area contributed by atoms with Gasteiger partial charge in [0.15, 0.2) is 0 Å². The lowest BCUT2D eigenvalue weighted by Crippen LogP contribution is -2.59. The summed E-state index contributed by atoms with van der Waals surface area (Å²) in [5, 5.41) is 10.0. The van der Waals surface area contributed by atoms with E-state index < -0.39 is 0 Å². The highest BCUT2D eigenvalue weighted by molar-refractivity contribution is 5.64. The van der Waals surface area contributed by atoms with E-state index in [1.54, 1.807) is 0 Å². The second kappa shape index (κ2) is 12.5. The van der Waals surface area contributed by atoms with Crippen LogP contribution in [0.5, 0.6) is 0 Å². The summed E-state index contributed by atoms with van der Waals surface area (Å²) in [6, 6.07) is 7.90. The van der Waals surface area contributed by atoms with Gasteiger partial charge >= 0.3 is 0 Å². The molecule has 0 amide bonds. The Hall–Kier alpha value is -3.18. The van der Waals surface area contributed by atoms with Crippen LogP contribution in [-0.2, 0) is 12.0 Å². The molecule has 1 aliphatic heterocycles. The Morgan fingerprint density at radius 2 is 1.78 bits per heavy atom. The van der Waals surface area contributed by atoms with E-state index in [-0.39, 0.29) is 11.6 Å². The monoisotopic (exact) mass is 609 g/mol. The lowest BCUT2D eigenvalue weighted by molar-refractivity contribution is -0.0435. The molecule has 2 atom stereocenters. The molecule has 5 aliphatic rings. The van der Waals surface area contributed by atoms with E-state index >= 15 is 0 Å². The van der Waals surface area contributed by atoms with Gasteiger partial charge in [0.05, 0.1) is 0 Å². The van der Waals surface area contributed by atoms with Crippen LogP contribution in [0.3, 0.4) is 0 Å². The maximum absolute atomic E-state index is 5.78. The molecule has 2 bridgehead atoms. The van der Waals surface area contributed by atoms with Crippen LogP contribution in [0, 0.1) is 10.8 Å². The van der Waals surface area contributed by atoms with Crippen molar-refractivity contribution >= 4 is 23.5 Å². The summed E-state index contributed by atoms with van der Waals surface area (Å²) >= 11 is 0. The van der Waals surface area contributed by atoms with Crippen LogP contribution in [0.25, 0.3) is 17.8 Å². The molecule has 5 heteroatoms. The summed E-state index contributed by atoms with van der Waals surface area (Å²) in [6.45, 7) is 26.6. The first-order valence-corrected chi connectivity index (χ1v) is 17.2. The van der Waals surface area contributed by atoms with Crippen molar-refractivity contribution < 1.29 is 0 Å². The Morgan fingerprint density at radius 3 is 2.42 bits per heavy atom. The third-order valence-corrected chi connectivity index (χ3v) is 11.1. The minimum atomic E-state index is 0.0642. The normalized spacial score (nSPS) is 27.2. The molecule has 4 fully saturated rings. The third-order valence-electron chi connectivity index (χ3n) is 11.1. The lowest BCUT2D eigenvalue weighted by Gasteiger charge is -2.56. The molecule has 244 valence electrons. The molecule has 1 aromatic heterocycles. The first-order chi connectivity index (χ1) is 21.2. The minimum Gasteiger partial charge on any atom is -0.399 e. The zero-order valence-corrected chi connectivity index (χ0v) is 29.1. The van der Waals surface area contributed by atoms with Gasteiger partial charge in [0.1, 0.15) is 0 Å². The van der Waals surface area contributed by atoms with Crippen molar-refractivity contribution in [1.29, 1.82) is 0 Å². The molecular weight excluding hydrogens is 550 g/mol. The molecule has 4 N–H and O–H groups in total. The molecule has 2 aromatic rings. The first kappa shape index (κ1) is 33.2. The zero-order valence-electron chi connectivity index (χ0n) is 29.1. The van der Waals surface area contributed by atoms with E-state index in [1.807, 2.05) is 30.3 Å². The van der Waals surface area contributed by atoms with Gasteiger partial charge in [-0.1, -0.05) is 63.8 Å². The van der Waals surface area contributed by atoms with Crippen LogP contribution < -0.4 is 26.9 Å². The number of anilines is 1. The summed E-state index contributed by atoms with van der Waals surface area (Å²) in [7, 11) is 2.29. The Morgan fingerprint density at radius 1 is 1.09 bits per heavy atom. The standard InChI is InChI=1S/C24H31N3.C16H28N2/c1-6-21(26-17(2)18-11-13-20(25)14-12-18)15-19-16-27(24(3,4)5)23-10-8-7-9-22(19)23;1-5-6-13(2)17-16-9-14(3)7-8-18(4)12-15(14,10-16)11-16/h6,9-14,16,21,26H,1-2,7-8,15,25H2,3-5H3;17H,2,5-12H2,1,3-4H3. The number of likely N-dealkylation sites (tertiary alicyclic amines) is 1. The number of nitrogen functional groups attached to an aromatic ring is 1. The maximum atomic E-state index is 5.78. The fourth-order valence-corrected chi connectivity index (χ4v) is 8.91. The summed E-state index contributed by atoms with van der Waals surface area (Å²) in [4.78, 5) is 2.54. The number of hydrogen-bond acceptors (Lipinski definition) is 4. The van der Waals surface area contributed by atoms with Crippen molar-refractivity contribution in [1.82, 2.24) is 20.1 Å². The van der Waals surface area contributed by atoms with Crippen molar-refractivity contribution in [2.24, 2.45) is 10.8 Å². The van der Waals surface area contributed by atoms with Crippen molar-refractivity contribution in [3.8, 4) is 0 Å². The topological polar surface area (TPSA) is 58.2 Å². The average Bonchev–Trinajstić information content (AvgIpc) is 3.54. The first-order valence-electron chi connectivity index (χ1n) is 17.2. The third kappa shape index (κ3) is 6.70. The number of nitrogens with one attached hydrogen (secondary N) is 2. The molecule has 5 nitrogen and oxygen atoms in total. The Bertz CT molecular complexity index is 1530. The largest absolute Gasteiger partial charge is 0.399 e. The van der Waals surface area contributed by atoms with Crippen LogP contribution in [0.15, 0.2) is 62.0 Å². The summed E-state index contributed by atoms with van der Waals surface area (Å²) < 4.78 is 2.41. The number of piperidine rings is 1. The predicted molar refractivity (Wildman–Crippen MR) is 194 cm³/mol. The Kier molecular flexibility index (Phi) is 9.26. The molecule has 3 saturated carbocycles. The highest BCUT2D eigenvalue weighted by Crippen LogP contribution is 2.73. The second-order valence-corrected chi connectivity index (χ2v) is 15.9. The van der Waals surface area contributed by atoms with E-state index in [9.17, 15) is 0 Å². The van der Waals surface area contributed by atoms with Gasteiger partial charge in [-0.05, 0) is 125 Å². The van der Waals surface area contributed by atoms with Gasteiger partial charge in [-0.3, -0.25) is 0 Å². The number of nitrogens with zero attached hydrogens (tertiary/aromatic N) is 2. The Labute approximate surface area is 273 Å². The quantitative estimate of drug-likeness (QED) is 0.208. The van der Waals surface area contributed by atoms with Gasteiger partial charge < -0.3 is 25.8 Å². The van der Waals surface area contributed by atoms with Crippen molar-refractivity contribution in [3.05, 3.63) is 83.7 Å². The molecule has 2 heterocycles. The van der Waals surface area contributed by atoms with E-state index in [4.69, 9.17) is 5.73 Å². The van der Waals surface area contributed by atoms with E-state index in [0.29, 0.717) is 16.4 Å². The van der Waals surface area contributed by atoms with Crippen molar-refractivity contribution in [2.45, 2.75) is 110 Å². The smallest absolute Gasteiger partial charge is 0.0482 e. The van der Waals surface area contributed by atoms with Gasteiger partial charge in [0.25, 0.3) is 0 Å². The number of benzene rings is 1. The molecule has 1 saturated heterocycles. The van der Waals surface area contributed by atoms with E-state index in [0.717, 1.165) is 42.6 Å². The Balaban J connectivity index is 0.000000192. The van der Waals surface area contributed by atoms with Crippen LogP contribution >= 0.6 is 0 Å². The molecule has 0 radical (unpaired) electrons. The lowest BCUT2D eigenvalue weighted by atomic mass is 9.56. The molecule has 1 aromatic carbocycles. The highest BCUT2D eigenvalue weighted by Gasteiger charge is 2.72.